The highest BCUT2D eigenvalue weighted by Crippen LogP contribution is 2.28. The van der Waals surface area contributed by atoms with E-state index in [1.54, 1.807) is 14.0 Å². The Morgan fingerprint density at radius 2 is 2.00 bits per heavy atom. The molecular weight excluding hydrogens is 446 g/mol. The number of rotatable bonds is 5. The minimum Gasteiger partial charge on any atom is -0.300 e. The van der Waals surface area contributed by atoms with Crippen LogP contribution in [0, 0.1) is 6.92 Å². The molecule has 154 valence electrons. The first-order valence-corrected chi connectivity index (χ1v) is 11.3. The number of fused-ring (bicyclic) bond motifs is 1. The maximum Gasteiger partial charge on any atom is 0.332 e. The second-order valence-corrected chi connectivity index (χ2v) is 9.29. The van der Waals surface area contributed by atoms with Crippen LogP contribution >= 0.6 is 34.4 Å². The molecule has 0 aromatic carbocycles. The number of hydrogen-bond donors (Lipinski definition) is 1. The molecule has 4 aromatic rings. The van der Waals surface area contributed by atoms with E-state index in [2.05, 4.69) is 25.5 Å². The molecule has 0 unspecified atom stereocenters. The topological polar surface area (TPSA) is 125 Å². The van der Waals surface area contributed by atoms with Crippen LogP contribution in [0.15, 0.2) is 32.1 Å². The summed E-state index contributed by atoms with van der Waals surface area (Å²) in [5.74, 6) is 0.0892. The fourth-order valence-electron chi connectivity index (χ4n) is 2.69. The number of carbonyl (C=O) groups is 1. The molecule has 0 aliphatic rings. The van der Waals surface area contributed by atoms with Crippen molar-refractivity contribution in [1.82, 2.24) is 29.3 Å². The Bertz CT molecular complexity index is 1370. The molecule has 0 atom stereocenters. The van der Waals surface area contributed by atoms with Gasteiger partial charge in [0.1, 0.15) is 15.4 Å². The van der Waals surface area contributed by atoms with Crippen LogP contribution in [-0.4, -0.2) is 41.0 Å². The van der Waals surface area contributed by atoms with E-state index < -0.39 is 11.2 Å². The van der Waals surface area contributed by atoms with Gasteiger partial charge in [-0.2, -0.15) is 0 Å². The van der Waals surface area contributed by atoms with Gasteiger partial charge in [0.25, 0.3) is 5.56 Å². The molecule has 0 radical (unpaired) electrons. The first-order valence-electron chi connectivity index (χ1n) is 8.59. The van der Waals surface area contributed by atoms with E-state index in [0.717, 1.165) is 26.2 Å². The predicted octanol–water partition coefficient (Wildman–Crippen LogP) is 1.65. The summed E-state index contributed by atoms with van der Waals surface area (Å²) in [6.45, 7) is 1.79. The Balaban J connectivity index is 1.76. The third-order valence-electron chi connectivity index (χ3n) is 4.12. The lowest BCUT2D eigenvalue weighted by molar-refractivity contribution is -0.113. The van der Waals surface area contributed by atoms with Crippen molar-refractivity contribution >= 4 is 56.5 Å². The van der Waals surface area contributed by atoms with Crippen molar-refractivity contribution < 1.29 is 4.79 Å². The molecule has 0 bridgehead atoms. The van der Waals surface area contributed by atoms with Crippen LogP contribution in [-0.2, 0) is 18.9 Å². The van der Waals surface area contributed by atoms with Crippen LogP contribution < -0.4 is 16.6 Å². The molecule has 0 aliphatic carbocycles. The van der Waals surface area contributed by atoms with Crippen molar-refractivity contribution in [3.8, 4) is 10.7 Å². The van der Waals surface area contributed by atoms with Gasteiger partial charge in [0, 0.05) is 14.1 Å². The van der Waals surface area contributed by atoms with Crippen molar-refractivity contribution in [1.29, 1.82) is 0 Å². The van der Waals surface area contributed by atoms with E-state index in [9.17, 15) is 14.4 Å². The number of anilines is 1. The molecule has 4 heterocycles. The molecule has 1 N–H and O–H groups in total. The van der Waals surface area contributed by atoms with Gasteiger partial charge >= 0.3 is 5.69 Å². The van der Waals surface area contributed by atoms with Crippen LogP contribution in [0.3, 0.4) is 0 Å². The van der Waals surface area contributed by atoms with Gasteiger partial charge in [-0.15, -0.1) is 21.5 Å². The molecule has 0 spiro atoms. The van der Waals surface area contributed by atoms with Crippen LogP contribution in [0.4, 0.5) is 5.13 Å². The Labute approximate surface area is 181 Å². The van der Waals surface area contributed by atoms with Crippen molar-refractivity contribution in [2.45, 2.75) is 11.9 Å². The third kappa shape index (κ3) is 3.78. The average Bonchev–Trinajstić information content (AvgIpc) is 3.40. The number of carbonyl (C=O) groups excluding carboxylic acids is 1. The van der Waals surface area contributed by atoms with E-state index in [1.807, 2.05) is 17.5 Å². The molecule has 4 rings (SSSR count). The lowest BCUT2D eigenvalue weighted by Gasteiger charge is -2.11. The fraction of sp³-hybridized carbons (Fsp3) is 0.235. The first kappa shape index (κ1) is 20.4. The molecular formula is C17H15N7O3S3. The highest BCUT2D eigenvalue weighted by atomic mass is 32.2. The van der Waals surface area contributed by atoms with E-state index in [1.165, 1.54) is 34.3 Å². The van der Waals surface area contributed by atoms with Gasteiger partial charge < -0.3 is 0 Å². The van der Waals surface area contributed by atoms with Crippen molar-refractivity contribution in [2.75, 3.05) is 11.1 Å². The summed E-state index contributed by atoms with van der Waals surface area (Å²) in [7, 11) is 2.95. The summed E-state index contributed by atoms with van der Waals surface area (Å²) in [5, 5.41) is 14.0. The summed E-state index contributed by atoms with van der Waals surface area (Å²) >= 11 is 3.81. The van der Waals surface area contributed by atoms with Gasteiger partial charge in [-0.3, -0.25) is 24.0 Å². The first-order chi connectivity index (χ1) is 14.3. The molecule has 4 aromatic heterocycles. The van der Waals surface area contributed by atoms with Gasteiger partial charge in [0.2, 0.25) is 11.0 Å². The van der Waals surface area contributed by atoms with E-state index >= 15 is 0 Å². The molecule has 0 fully saturated rings. The largest absolute Gasteiger partial charge is 0.332 e. The lowest BCUT2D eigenvalue weighted by Crippen LogP contribution is -2.37. The van der Waals surface area contributed by atoms with Gasteiger partial charge in [-0.1, -0.05) is 29.2 Å². The molecule has 13 heteroatoms. The Kier molecular flexibility index (Phi) is 5.49. The zero-order valence-corrected chi connectivity index (χ0v) is 18.5. The quantitative estimate of drug-likeness (QED) is 0.351. The fourth-order valence-corrected chi connectivity index (χ4v) is 4.77. The second kappa shape index (κ2) is 8.08. The zero-order valence-electron chi connectivity index (χ0n) is 16.1. The lowest BCUT2D eigenvalue weighted by atomic mass is 10.3. The summed E-state index contributed by atoms with van der Waals surface area (Å²) in [6.07, 6.45) is 0. The number of aryl methyl sites for hydroxylation is 2. The van der Waals surface area contributed by atoms with Crippen molar-refractivity contribution in [3.63, 3.8) is 0 Å². The van der Waals surface area contributed by atoms with E-state index in [0.29, 0.717) is 16.0 Å². The van der Waals surface area contributed by atoms with Gasteiger partial charge in [0.15, 0.2) is 11.5 Å². The highest BCUT2D eigenvalue weighted by molar-refractivity contribution is 8.00. The Morgan fingerprint density at radius 3 is 2.67 bits per heavy atom. The number of thiophene rings is 1. The van der Waals surface area contributed by atoms with Crippen molar-refractivity contribution in [2.24, 2.45) is 14.1 Å². The molecule has 30 heavy (non-hydrogen) atoms. The summed E-state index contributed by atoms with van der Waals surface area (Å²) in [6, 6.07) is 3.71. The maximum atomic E-state index is 12.8. The maximum absolute atomic E-state index is 12.8. The minimum absolute atomic E-state index is 0.000612. The van der Waals surface area contributed by atoms with Crippen LogP contribution in [0.25, 0.3) is 21.7 Å². The van der Waals surface area contributed by atoms with E-state index in [-0.39, 0.29) is 22.7 Å². The molecule has 0 saturated heterocycles. The molecule has 10 nitrogen and oxygen atoms in total. The highest BCUT2D eigenvalue weighted by Gasteiger charge is 2.19. The third-order valence-corrected chi connectivity index (χ3v) is 6.72. The summed E-state index contributed by atoms with van der Waals surface area (Å²) in [4.78, 5) is 47.3. The SMILES string of the molecule is Cc1nnc(NC(=O)CSc2nc(-c3cccs3)nc3c2c(=O)n(C)c(=O)n3C)s1. The normalized spacial score (nSPS) is 11.2. The zero-order chi connectivity index (χ0) is 21.4. The standard InChI is InChI=1S/C17H15N7O3S3/c1-8-21-22-16(30-8)18-10(25)7-29-14-11-13(23(2)17(27)24(3)15(11)26)19-12(20-14)9-5-4-6-28-9/h4-6H,7H2,1-3H3,(H,18,22,25). The summed E-state index contributed by atoms with van der Waals surface area (Å²) < 4.78 is 2.31. The predicted molar refractivity (Wildman–Crippen MR) is 117 cm³/mol. The smallest absolute Gasteiger partial charge is 0.300 e. The number of aromatic nitrogens is 6. The van der Waals surface area contributed by atoms with Crippen LogP contribution in [0.5, 0.6) is 0 Å². The summed E-state index contributed by atoms with van der Waals surface area (Å²) in [5.41, 5.74) is -0.763. The Morgan fingerprint density at radius 1 is 1.20 bits per heavy atom. The van der Waals surface area contributed by atoms with Gasteiger partial charge in [0.05, 0.1) is 10.6 Å². The number of amides is 1. The van der Waals surface area contributed by atoms with Crippen LogP contribution in [0.2, 0.25) is 0 Å². The van der Waals surface area contributed by atoms with E-state index in [4.69, 9.17) is 0 Å². The minimum atomic E-state index is -0.506. The van der Waals surface area contributed by atoms with Gasteiger partial charge in [-0.05, 0) is 18.4 Å². The van der Waals surface area contributed by atoms with Gasteiger partial charge in [-0.25, -0.2) is 14.8 Å². The number of nitrogens with zero attached hydrogens (tertiary/aromatic N) is 6. The average molecular weight is 462 g/mol. The van der Waals surface area contributed by atoms with Crippen LogP contribution in [0.1, 0.15) is 5.01 Å². The second-order valence-electron chi connectivity index (χ2n) is 6.20. The molecule has 0 saturated carbocycles. The Hall–Kier alpha value is -2.90. The number of hydrogen-bond acceptors (Lipinski definition) is 10. The monoisotopic (exact) mass is 461 g/mol. The molecule has 0 aliphatic heterocycles. The van der Waals surface area contributed by atoms with Crippen molar-refractivity contribution in [3.05, 3.63) is 43.4 Å². The molecule has 1 amide bonds. The number of nitrogens with one attached hydrogen (secondary N) is 1. The number of thioether (sulfide) groups is 1.